The van der Waals surface area contributed by atoms with Crippen LogP contribution in [0.4, 0.5) is 5.13 Å². The Morgan fingerprint density at radius 1 is 1.22 bits per heavy atom. The van der Waals surface area contributed by atoms with Gasteiger partial charge < -0.3 is 9.64 Å². The summed E-state index contributed by atoms with van der Waals surface area (Å²) < 4.78 is 6.62. The quantitative estimate of drug-likeness (QED) is 0.712. The summed E-state index contributed by atoms with van der Waals surface area (Å²) in [5.41, 5.74) is 5.30. The summed E-state index contributed by atoms with van der Waals surface area (Å²) in [5.74, 6) is 0.949. The largest absolute Gasteiger partial charge is 0.497 e. The van der Waals surface area contributed by atoms with Gasteiger partial charge in [0.05, 0.1) is 17.3 Å². The lowest BCUT2D eigenvalue weighted by Gasteiger charge is -2.28. The van der Waals surface area contributed by atoms with E-state index in [0.29, 0.717) is 0 Å². The van der Waals surface area contributed by atoms with Crippen molar-refractivity contribution in [1.29, 1.82) is 0 Å². The van der Waals surface area contributed by atoms with Gasteiger partial charge in [-0.3, -0.25) is 0 Å². The van der Waals surface area contributed by atoms with Crippen LogP contribution in [-0.2, 0) is 19.4 Å². The van der Waals surface area contributed by atoms with Crippen molar-refractivity contribution in [1.82, 2.24) is 4.98 Å². The molecule has 0 aliphatic carbocycles. The first-order chi connectivity index (χ1) is 11.3. The normalized spacial score (nSPS) is 14.1. The maximum absolute atomic E-state index is 5.33. The lowest BCUT2D eigenvalue weighted by Crippen LogP contribution is -2.30. The van der Waals surface area contributed by atoms with Crippen LogP contribution in [0.15, 0.2) is 36.4 Å². The Bertz CT molecular complexity index is 856. The maximum Gasteiger partial charge on any atom is 0.186 e. The zero-order valence-corrected chi connectivity index (χ0v) is 14.3. The molecule has 0 fully saturated rings. The van der Waals surface area contributed by atoms with Gasteiger partial charge in [-0.05, 0) is 47.7 Å². The second-order valence-corrected chi connectivity index (χ2v) is 6.93. The van der Waals surface area contributed by atoms with Crippen LogP contribution < -0.4 is 9.64 Å². The number of aromatic nitrogens is 1. The van der Waals surface area contributed by atoms with E-state index in [4.69, 9.17) is 9.72 Å². The molecular weight excluding hydrogens is 304 g/mol. The first-order valence-corrected chi connectivity index (χ1v) is 8.89. The molecule has 4 heteroatoms. The highest BCUT2D eigenvalue weighted by Crippen LogP contribution is 2.34. The summed E-state index contributed by atoms with van der Waals surface area (Å²) in [7, 11) is 1.73. The number of benzene rings is 2. The molecule has 0 saturated carbocycles. The predicted molar refractivity (Wildman–Crippen MR) is 96.7 cm³/mol. The zero-order chi connectivity index (χ0) is 15.8. The van der Waals surface area contributed by atoms with Crippen molar-refractivity contribution in [3.05, 3.63) is 53.1 Å². The van der Waals surface area contributed by atoms with E-state index in [1.807, 2.05) is 0 Å². The minimum atomic E-state index is 0.931. The molecule has 0 spiro atoms. The van der Waals surface area contributed by atoms with Gasteiger partial charge in [-0.2, -0.15) is 0 Å². The summed E-state index contributed by atoms with van der Waals surface area (Å²) in [6, 6.07) is 12.9. The third kappa shape index (κ3) is 2.57. The van der Waals surface area contributed by atoms with Crippen molar-refractivity contribution in [3.63, 3.8) is 0 Å². The summed E-state index contributed by atoms with van der Waals surface area (Å²) in [5, 5.41) is 1.14. The lowest BCUT2D eigenvalue weighted by atomic mass is 10.00. The number of ether oxygens (including phenoxy) is 1. The van der Waals surface area contributed by atoms with Crippen LogP contribution in [-0.4, -0.2) is 18.6 Å². The van der Waals surface area contributed by atoms with Gasteiger partial charge in [0.15, 0.2) is 5.13 Å². The van der Waals surface area contributed by atoms with E-state index in [0.717, 1.165) is 36.8 Å². The smallest absolute Gasteiger partial charge is 0.186 e. The molecule has 1 aliphatic rings. The molecule has 0 saturated heterocycles. The Hall–Kier alpha value is -2.07. The molecule has 0 radical (unpaired) electrons. The number of aryl methyl sites for hydroxylation is 1. The van der Waals surface area contributed by atoms with Gasteiger partial charge in [0.1, 0.15) is 5.75 Å². The minimum absolute atomic E-state index is 0.931. The molecule has 1 aromatic heterocycles. The van der Waals surface area contributed by atoms with Gasteiger partial charge in [-0.15, -0.1) is 0 Å². The van der Waals surface area contributed by atoms with Gasteiger partial charge in [-0.1, -0.05) is 36.5 Å². The molecule has 118 valence electrons. The fourth-order valence-corrected chi connectivity index (χ4v) is 4.27. The molecule has 0 N–H and O–H groups in total. The molecule has 4 rings (SSSR count). The van der Waals surface area contributed by atoms with Crippen molar-refractivity contribution in [3.8, 4) is 5.75 Å². The Labute approximate surface area is 140 Å². The third-order valence-electron chi connectivity index (χ3n) is 4.57. The highest BCUT2D eigenvalue weighted by atomic mass is 32.1. The number of rotatable bonds is 3. The van der Waals surface area contributed by atoms with Crippen LogP contribution in [0.25, 0.3) is 10.2 Å². The summed E-state index contributed by atoms with van der Waals surface area (Å²) in [4.78, 5) is 7.34. The highest BCUT2D eigenvalue weighted by Gasteiger charge is 2.20. The van der Waals surface area contributed by atoms with E-state index in [1.165, 1.54) is 26.9 Å². The molecule has 2 heterocycles. The number of methoxy groups -OCH3 is 1. The van der Waals surface area contributed by atoms with Crippen molar-refractivity contribution < 1.29 is 4.74 Å². The third-order valence-corrected chi connectivity index (χ3v) is 5.65. The number of thiazole rings is 1. The minimum Gasteiger partial charge on any atom is -0.497 e. The first-order valence-electron chi connectivity index (χ1n) is 8.07. The van der Waals surface area contributed by atoms with Gasteiger partial charge in [-0.25, -0.2) is 4.98 Å². The van der Waals surface area contributed by atoms with E-state index in [9.17, 15) is 0 Å². The van der Waals surface area contributed by atoms with Crippen molar-refractivity contribution >= 4 is 26.7 Å². The lowest BCUT2D eigenvalue weighted by molar-refractivity contribution is 0.414. The van der Waals surface area contributed by atoms with Gasteiger partial charge in [0.2, 0.25) is 0 Å². The van der Waals surface area contributed by atoms with Crippen molar-refractivity contribution in [2.75, 3.05) is 18.6 Å². The number of nitrogens with zero attached hydrogens (tertiary/aromatic N) is 2. The second-order valence-electron chi connectivity index (χ2n) is 5.92. The molecule has 0 unspecified atom stereocenters. The number of para-hydroxylation sites is 1. The molecule has 2 aromatic carbocycles. The molecule has 0 atom stereocenters. The number of fused-ring (bicyclic) bond motifs is 2. The van der Waals surface area contributed by atoms with Crippen LogP contribution >= 0.6 is 11.3 Å². The van der Waals surface area contributed by atoms with Crippen LogP contribution in [0.5, 0.6) is 5.75 Å². The SMILES string of the molecule is CCc1cccc2sc(N3CCc4cc(OC)ccc4C3)nc12. The summed E-state index contributed by atoms with van der Waals surface area (Å²) in [6.45, 7) is 4.14. The van der Waals surface area contributed by atoms with Crippen LogP contribution in [0.1, 0.15) is 23.6 Å². The summed E-state index contributed by atoms with van der Waals surface area (Å²) >= 11 is 1.81. The fourth-order valence-electron chi connectivity index (χ4n) is 3.23. The van der Waals surface area contributed by atoms with E-state index >= 15 is 0 Å². The average Bonchev–Trinajstić information content (AvgIpc) is 3.05. The first kappa shape index (κ1) is 14.5. The molecule has 1 aliphatic heterocycles. The second kappa shape index (κ2) is 5.85. The van der Waals surface area contributed by atoms with Crippen molar-refractivity contribution in [2.45, 2.75) is 26.3 Å². The Balaban J connectivity index is 1.66. The van der Waals surface area contributed by atoms with Crippen LogP contribution in [0, 0.1) is 0 Å². The molecule has 23 heavy (non-hydrogen) atoms. The monoisotopic (exact) mass is 324 g/mol. The topological polar surface area (TPSA) is 25.4 Å². The zero-order valence-electron chi connectivity index (χ0n) is 13.5. The number of hydrogen-bond acceptors (Lipinski definition) is 4. The summed E-state index contributed by atoms with van der Waals surface area (Å²) in [6.07, 6.45) is 2.08. The highest BCUT2D eigenvalue weighted by molar-refractivity contribution is 7.22. The fraction of sp³-hybridized carbons (Fsp3) is 0.316. The molecule has 3 aromatic rings. The van der Waals surface area contributed by atoms with E-state index in [2.05, 4.69) is 48.2 Å². The maximum atomic E-state index is 5.33. The van der Waals surface area contributed by atoms with Gasteiger partial charge in [0.25, 0.3) is 0 Å². The average molecular weight is 324 g/mol. The van der Waals surface area contributed by atoms with Gasteiger partial charge in [0, 0.05) is 13.1 Å². The van der Waals surface area contributed by atoms with Crippen molar-refractivity contribution in [2.24, 2.45) is 0 Å². The number of anilines is 1. The molecule has 0 amide bonds. The van der Waals surface area contributed by atoms with Crippen LogP contribution in [0.2, 0.25) is 0 Å². The predicted octanol–water partition coefficient (Wildman–Crippen LogP) is 4.43. The standard InChI is InChI=1S/C19H20N2OS/c1-3-13-5-4-6-17-18(13)20-19(23-17)21-10-9-14-11-16(22-2)8-7-15(14)12-21/h4-8,11H,3,9-10,12H2,1-2H3. The van der Waals surface area contributed by atoms with E-state index in [-0.39, 0.29) is 0 Å². The Morgan fingerprint density at radius 2 is 2.13 bits per heavy atom. The van der Waals surface area contributed by atoms with E-state index in [1.54, 1.807) is 18.4 Å². The Morgan fingerprint density at radius 3 is 2.96 bits per heavy atom. The molecule has 3 nitrogen and oxygen atoms in total. The van der Waals surface area contributed by atoms with Gasteiger partial charge >= 0.3 is 0 Å². The number of hydrogen-bond donors (Lipinski definition) is 0. The Kier molecular flexibility index (Phi) is 3.69. The molecule has 0 bridgehead atoms. The van der Waals surface area contributed by atoms with E-state index < -0.39 is 0 Å². The molecular formula is C19H20N2OS. The van der Waals surface area contributed by atoms with Crippen LogP contribution in [0.3, 0.4) is 0 Å².